The first-order chi connectivity index (χ1) is 12.9. The summed E-state index contributed by atoms with van der Waals surface area (Å²) in [5.74, 6) is -0.423. The van der Waals surface area contributed by atoms with Gasteiger partial charge in [0.15, 0.2) is 0 Å². The fourth-order valence-electron chi connectivity index (χ4n) is 3.80. The van der Waals surface area contributed by atoms with Gasteiger partial charge in [-0.25, -0.2) is 4.79 Å². The molecule has 0 aliphatic carbocycles. The summed E-state index contributed by atoms with van der Waals surface area (Å²) in [5, 5.41) is 3.06. The fourth-order valence-corrected chi connectivity index (χ4v) is 3.80. The van der Waals surface area contributed by atoms with Crippen molar-refractivity contribution in [2.75, 3.05) is 31.6 Å². The molecule has 3 amide bonds. The van der Waals surface area contributed by atoms with Gasteiger partial charge in [-0.05, 0) is 43.9 Å². The lowest BCUT2D eigenvalue weighted by Crippen LogP contribution is -2.48. The van der Waals surface area contributed by atoms with E-state index in [1.54, 1.807) is 9.80 Å². The summed E-state index contributed by atoms with van der Waals surface area (Å²) < 4.78 is 4.73. The SMILES string of the molecule is COC(=O)N1CCC(NC(=O)C2CC(=O)N(c3cccc(C)c3C)C2)CC1. The average molecular weight is 373 g/mol. The van der Waals surface area contributed by atoms with Crippen LogP contribution in [0.3, 0.4) is 0 Å². The molecule has 0 spiro atoms. The van der Waals surface area contributed by atoms with E-state index >= 15 is 0 Å². The molecule has 7 nitrogen and oxygen atoms in total. The first kappa shape index (κ1) is 19.2. The van der Waals surface area contributed by atoms with E-state index in [4.69, 9.17) is 4.74 Å². The van der Waals surface area contributed by atoms with Crippen LogP contribution in [-0.4, -0.2) is 55.6 Å². The molecule has 0 bridgehead atoms. The molecule has 1 aromatic rings. The van der Waals surface area contributed by atoms with E-state index in [0.29, 0.717) is 32.5 Å². The molecule has 3 rings (SSSR count). The minimum absolute atomic E-state index is 0.00985. The summed E-state index contributed by atoms with van der Waals surface area (Å²) in [4.78, 5) is 40.1. The lowest BCUT2D eigenvalue weighted by Gasteiger charge is -2.31. The Morgan fingerprint density at radius 1 is 1.19 bits per heavy atom. The Labute approximate surface area is 159 Å². The molecular formula is C20H27N3O4. The Balaban J connectivity index is 1.57. The largest absolute Gasteiger partial charge is 0.453 e. The summed E-state index contributed by atoms with van der Waals surface area (Å²) in [5.41, 5.74) is 3.09. The summed E-state index contributed by atoms with van der Waals surface area (Å²) in [6.07, 6.45) is 1.30. The van der Waals surface area contributed by atoms with Gasteiger partial charge in [-0.1, -0.05) is 12.1 Å². The maximum atomic E-state index is 12.7. The Kier molecular flexibility index (Phi) is 5.68. The van der Waals surface area contributed by atoms with Gasteiger partial charge in [0.25, 0.3) is 0 Å². The molecule has 27 heavy (non-hydrogen) atoms. The Hall–Kier alpha value is -2.57. The third-order valence-corrected chi connectivity index (χ3v) is 5.64. The van der Waals surface area contributed by atoms with E-state index in [0.717, 1.165) is 16.8 Å². The van der Waals surface area contributed by atoms with Crippen molar-refractivity contribution in [1.82, 2.24) is 10.2 Å². The van der Waals surface area contributed by atoms with Crippen LogP contribution in [-0.2, 0) is 14.3 Å². The molecule has 2 fully saturated rings. The van der Waals surface area contributed by atoms with Gasteiger partial charge >= 0.3 is 6.09 Å². The van der Waals surface area contributed by atoms with Crippen LogP contribution in [0.4, 0.5) is 10.5 Å². The van der Waals surface area contributed by atoms with Crippen LogP contribution in [0.5, 0.6) is 0 Å². The van der Waals surface area contributed by atoms with Gasteiger partial charge in [0.2, 0.25) is 11.8 Å². The molecule has 2 saturated heterocycles. The van der Waals surface area contributed by atoms with Gasteiger partial charge in [-0.15, -0.1) is 0 Å². The highest BCUT2D eigenvalue weighted by Gasteiger charge is 2.37. The summed E-state index contributed by atoms with van der Waals surface area (Å²) in [6, 6.07) is 5.92. The van der Waals surface area contributed by atoms with Crippen molar-refractivity contribution in [2.24, 2.45) is 5.92 Å². The van der Waals surface area contributed by atoms with E-state index in [1.165, 1.54) is 7.11 Å². The standard InChI is InChI=1S/C20H27N3O4/c1-13-5-4-6-17(14(13)2)23-12-15(11-18(23)24)19(25)21-16-7-9-22(10-8-16)20(26)27-3/h4-6,15-16H,7-12H2,1-3H3,(H,21,25). The zero-order chi connectivity index (χ0) is 19.6. The molecular weight excluding hydrogens is 346 g/mol. The normalized spacial score (nSPS) is 20.7. The number of nitrogens with zero attached hydrogens (tertiary/aromatic N) is 2. The number of benzene rings is 1. The van der Waals surface area contributed by atoms with Crippen molar-refractivity contribution in [3.8, 4) is 0 Å². The number of rotatable bonds is 3. The predicted octanol–water partition coefficient (Wildman–Crippen LogP) is 2.00. The van der Waals surface area contributed by atoms with E-state index in [1.807, 2.05) is 32.0 Å². The molecule has 0 aromatic heterocycles. The molecule has 146 valence electrons. The third-order valence-electron chi connectivity index (χ3n) is 5.64. The second-order valence-electron chi connectivity index (χ2n) is 7.36. The zero-order valence-electron chi connectivity index (χ0n) is 16.2. The lowest BCUT2D eigenvalue weighted by atomic mass is 10.0. The van der Waals surface area contributed by atoms with Crippen LogP contribution in [0.1, 0.15) is 30.4 Å². The van der Waals surface area contributed by atoms with Gasteiger partial charge < -0.3 is 19.9 Å². The topological polar surface area (TPSA) is 79.0 Å². The minimum atomic E-state index is -0.337. The number of hydrogen-bond donors (Lipinski definition) is 1. The number of amides is 3. The molecule has 1 aromatic carbocycles. The van der Waals surface area contributed by atoms with Crippen LogP contribution < -0.4 is 10.2 Å². The molecule has 0 saturated carbocycles. The highest BCUT2D eigenvalue weighted by Crippen LogP contribution is 2.29. The van der Waals surface area contributed by atoms with Crippen LogP contribution in [0.25, 0.3) is 0 Å². The quantitative estimate of drug-likeness (QED) is 0.879. The number of carbonyl (C=O) groups excluding carboxylic acids is 3. The van der Waals surface area contributed by atoms with E-state index in [9.17, 15) is 14.4 Å². The molecule has 0 radical (unpaired) electrons. The molecule has 2 aliphatic rings. The van der Waals surface area contributed by atoms with Gasteiger partial charge in [-0.3, -0.25) is 9.59 Å². The summed E-state index contributed by atoms with van der Waals surface area (Å²) in [6.45, 7) is 5.56. The van der Waals surface area contributed by atoms with Gasteiger partial charge in [0.1, 0.15) is 0 Å². The van der Waals surface area contributed by atoms with E-state index in [-0.39, 0.29) is 36.3 Å². The summed E-state index contributed by atoms with van der Waals surface area (Å²) >= 11 is 0. The lowest BCUT2D eigenvalue weighted by molar-refractivity contribution is -0.127. The molecule has 1 atom stereocenters. The monoisotopic (exact) mass is 373 g/mol. The number of aryl methyl sites for hydroxylation is 1. The molecule has 7 heteroatoms. The number of hydrogen-bond acceptors (Lipinski definition) is 4. The van der Waals surface area contributed by atoms with Crippen LogP contribution in [0.15, 0.2) is 18.2 Å². The number of anilines is 1. The second-order valence-corrected chi connectivity index (χ2v) is 7.36. The van der Waals surface area contributed by atoms with Gasteiger partial charge in [0, 0.05) is 37.8 Å². The van der Waals surface area contributed by atoms with E-state index in [2.05, 4.69) is 5.32 Å². The first-order valence-electron chi connectivity index (χ1n) is 9.40. The number of piperidine rings is 1. The van der Waals surface area contributed by atoms with Gasteiger partial charge in [0.05, 0.1) is 13.0 Å². The summed E-state index contributed by atoms with van der Waals surface area (Å²) in [7, 11) is 1.37. The van der Waals surface area contributed by atoms with Crippen LogP contribution in [0, 0.1) is 19.8 Å². The Morgan fingerprint density at radius 2 is 1.89 bits per heavy atom. The first-order valence-corrected chi connectivity index (χ1v) is 9.40. The smallest absolute Gasteiger partial charge is 0.409 e. The predicted molar refractivity (Wildman–Crippen MR) is 102 cm³/mol. The highest BCUT2D eigenvalue weighted by molar-refractivity contribution is 6.01. The number of carbonyl (C=O) groups is 3. The van der Waals surface area contributed by atoms with Crippen molar-refractivity contribution in [2.45, 2.75) is 39.2 Å². The molecule has 1 N–H and O–H groups in total. The minimum Gasteiger partial charge on any atom is -0.453 e. The van der Waals surface area contributed by atoms with Crippen molar-refractivity contribution in [1.29, 1.82) is 0 Å². The fraction of sp³-hybridized carbons (Fsp3) is 0.550. The van der Waals surface area contributed by atoms with Crippen molar-refractivity contribution < 1.29 is 19.1 Å². The molecule has 2 aliphatic heterocycles. The van der Waals surface area contributed by atoms with Crippen molar-refractivity contribution >= 4 is 23.6 Å². The van der Waals surface area contributed by atoms with Crippen LogP contribution >= 0.6 is 0 Å². The zero-order valence-corrected chi connectivity index (χ0v) is 16.2. The second kappa shape index (κ2) is 7.98. The van der Waals surface area contributed by atoms with Gasteiger partial charge in [-0.2, -0.15) is 0 Å². The number of ether oxygens (including phenoxy) is 1. The average Bonchev–Trinajstić information content (AvgIpc) is 3.05. The van der Waals surface area contributed by atoms with Crippen molar-refractivity contribution in [3.63, 3.8) is 0 Å². The third kappa shape index (κ3) is 4.07. The maximum absolute atomic E-state index is 12.7. The van der Waals surface area contributed by atoms with Crippen molar-refractivity contribution in [3.05, 3.63) is 29.3 Å². The number of nitrogens with one attached hydrogen (secondary N) is 1. The Morgan fingerprint density at radius 3 is 2.56 bits per heavy atom. The Bertz CT molecular complexity index is 741. The number of likely N-dealkylation sites (tertiary alicyclic amines) is 1. The maximum Gasteiger partial charge on any atom is 0.409 e. The van der Waals surface area contributed by atoms with E-state index < -0.39 is 0 Å². The molecule has 1 unspecified atom stereocenters. The number of methoxy groups -OCH3 is 1. The van der Waals surface area contributed by atoms with Crippen LogP contribution in [0.2, 0.25) is 0 Å². The molecule has 2 heterocycles. The highest BCUT2D eigenvalue weighted by atomic mass is 16.5.